The van der Waals surface area contributed by atoms with Crippen molar-refractivity contribution < 1.29 is 0 Å². The molecule has 0 bridgehead atoms. The second-order valence-electron chi connectivity index (χ2n) is 15.7. The summed E-state index contributed by atoms with van der Waals surface area (Å²) in [5, 5.41) is 10.2. The molecule has 1 aliphatic carbocycles. The van der Waals surface area contributed by atoms with Gasteiger partial charge in [0.05, 0.1) is 0 Å². The summed E-state index contributed by atoms with van der Waals surface area (Å²) in [6.07, 6.45) is 0. The number of fused-ring (bicyclic) bond motifs is 7. The lowest BCUT2D eigenvalue weighted by Gasteiger charge is -2.22. The summed E-state index contributed by atoms with van der Waals surface area (Å²) in [6, 6.07) is 72.2. The van der Waals surface area contributed by atoms with Crippen LogP contribution in [0.3, 0.4) is 0 Å². The second kappa shape index (κ2) is 12.1. The monoisotopic (exact) mass is 698 g/mol. The van der Waals surface area contributed by atoms with E-state index in [4.69, 9.17) is 0 Å². The molecule has 0 amide bonds. The molecule has 1 aliphatic rings. The summed E-state index contributed by atoms with van der Waals surface area (Å²) >= 11 is 0. The van der Waals surface area contributed by atoms with Crippen molar-refractivity contribution in [3.05, 3.63) is 205 Å². The highest BCUT2D eigenvalue weighted by Gasteiger charge is 2.37. The first-order valence-electron chi connectivity index (χ1n) is 19.3. The van der Waals surface area contributed by atoms with E-state index in [1.165, 1.54) is 110 Å². The van der Waals surface area contributed by atoms with Crippen LogP contribution in [0, 0.1) is 0 Å². The minimum atomic E-state index is -0.0871. The number of hydrogen-bond donors (Lipinski definition) is 0. The Morgan fingerprint density at radius 3 is 1.38 bits per heavy atom. The molecule has 0 unspecified atom stereocenters. The predicted octanol–water partition coefficient (Wildman–Crippen LogP) is 15.3. The van der Waals surface area contributed by atoms with Crippen LogP contribution in [-0.2, 0) is 5.41 Å². The Hall–Kier alpha value is -6.76. The van der Waals surface area contributed by atoms with Gasteiger partial charge in [-0.1, -0.05) is 178 Å². The zero-order chi connectivity index (χ0) is 36.7. The van der Waals surface area contributed by atoms with Crippen LogP contribution >= 0.6 is 0 Å². The van der Waals surface area contributed by atoms with Crippen molar-refractivity contribution in [3.63, 3.8) is 0 Å². The maximum atomic E-state index is 2.43. The first kappa shape index (κ1) is 31.7. The molecule has 0 heteroatoms. The fourth-order valence-electron chi connectivity index (χ4n) is 9.53. The summed E-state index contributed by atoms with van der Waals surface area (Å²) < 4.78 is 0. The molecule has 0 aromatic heterocycles. The molecule has 0 saturated heterocycles. The molecule has 0 aliphatic heterocycles. The van der Waals surface area contributed by atoms with E-state index in [0.717, 1.165) is 0 Å². The topological polar surface area (TPSA) is 0 Å². The molecule has 0 fully saturated rings. The van der Waals surface area contributed by atoms with Gasteiger partial charge in [0.1, 0.15) is 0 Å². The molecule has 0 atom stereocenters. The van der Waals surface area contributed by atoms with E-state index in [-0.39, 0.29) is 5.41 Å². The van der Waals surface area contributed by atoms with Gasteiger partial charge in [-0.2, -0.15) is 0 Å². The molecule has 55 heavy (non-hydrogen) atoms. The Labute approximate surface area is 322 Å². The van der Waals surface area contributed by atoms with Crippen molar-refractivity contribution in [3.8, 4) is 55.6 Å². The van der Waals surface area contributed by atoms with Crippen molar-refractivity contribution >= 4 is 43.1 Å². The molecule has 0 spiro atoms. The van der Waals surface area contributed by atoms with Crippen LogP contribution in [0.15, 0.2) is 194 Å². The van der Waals surface area contributed by atoms with Crippen LogP contribution in [0.5, 0.6) is 0 Å². The average molecular weight is 699 g/mol. The van der Waals surface area contributed by atoms with Crippen molar-refractivity contribution in [2.24, 2.45) is 0 Å². The molecule has 0 nitrogen and oxygen atoms in total. The van der Waals surface area contributed by atoms with Crippen molar-refractivity contribution in [2.45, 2.75) is 19.3 Å². The molecule has 10 aromatic carbocycles. The molecule has 0 heterocycles. The van der Waals surface area contributed by atoms with Gasteiger partial charge < -0.3 is 0 Å². The van der Waals surface area contributed by atoms with E-state index >= 15 is 0 Å². The zero-order valence-electron chi connectivity index (χ0n) is 31.0. The zero-order valence-corrected chi connectivity index (χ0v) is 31.0. The smallest absolute Gasteiger partial charge is 0.0159 e. The van der Waals surface area contributed by atoms with Crippen LogP contribution in [0.1, 0.15) is 25.0 Å². The fraction of sp³-hybridized carbons (Fsp3) is 0.0545. The fourth-order valence-corrected chi connectivity index (χ4v) is 9.53. The third-order valence-corrected chi connectivity index (χ3v) is 12.2. The van der Waals surface area contributed by atoms with Gasteiger partial charge in [0.25, 0.3) is 0 Å². The van der Waals surface area contributed by atoms with Gasteiger partial charge in [0.2, 0.25) is 0 Å². The standard InChI is InChI=1S/C55H38/c1-55(2)50-27-13-26-44(54(50)49-33-38-16-5-6-17-39(38)34-51(49)55)41-19-12-21-43(32-41)53-47-24-9-7-22-45(47)52(46-23-8-10-25-48(46)53)42-20-11-18-37(31-42)40-29-28-35-14-3-4-15-36(35)30-40/h3-34H,1-2H3. The first-order chi connectivity index (χ1) is 27.0. The third kappa shape index (κ3) is 4.92. The van der Waals surface area contributed by atoms with Crippen molar-refractivity contribution in [1.29, 1.82) is 0 Å². The SMILES string of the molecule is CC1(C)c2cc3ccccc3cc2-c2c(-c3cccc(-c4c5ccccc5c(-c5cccc(-c6ccc7ccccc7c6)c5)c5ccccc45)c3)cccc21. The normalized spacial score (nSPS) is 13.1. The lowest BCUT2D eigenvalue weighted by Crippen LogP contribution is -2.14. The predicted molar refractivity (Wildman–Crippen MR) is 236 cm³/mol. The number of rotatable bonds is 4. The molecule has 10 aromatic rings. The van der Waals surface area contributed by atoms with Gasteiger partial charge in [0.15, 0.2) is 0 Å². The maximum Gasteiger partial charge on any atom is 0.0159 e. The second-order valence-corrected chi connectivity index (χ2v) is 15.7. The van der Waals surface area contributed by atoms with E-state index in [1.807, 2.05) is 0 Å². The average Bonchev–Trinajstić information content (AvgIpc) is 3.46. The van der Waals surface area contributed by atoms with Gasteiger partial charge in [0, 0.05) is 5.41 Å². The van der Waals surface area contributed by atoms with Gasteiger partial charge in [-0.25, -0.2) is 0 Å². The summed E-state index contributed by atoms with van der Waals surface area (Å²) in [4.78, 5) is 0. The Bertz CT molecular complexity index is 3120. The van der Waals surface area contributed by atoms with E-state index in [2.05, 4.69) is 208 Å². The Kier molecular flexibility index (Phi) is 7.00. The van der Waals surface area contributed by atoms with E-state index < -0.39 is 0 Å². The maximum absolute atomic E-state index is 2.43. The molecule has 0 saturated carbocycles. The first-order valence-corrected chi connectivity index (χ1v) is 19.3. The Morgan fingerprint density at radius 2 is 0.745 bits per heavy atom. The number of benzene rings is 10. The molecule has 0 N–H and O–H groups in total. The summed E-state index contributed by atoms with van der Waals surface area (Å²) in [5.74, 6) is 0. The van der Waals surface area contributed by atoms with Gasteiger partial charge in [-0.15, -0.1) is 0 Å². The highest BCUT2D eigenvalue weighted by Crippen LogP contribution is 2.53. The molecule has 258 valence electrons. The molecule has 0 radical (unpaired) electrons. The van der Waals surface area contributed by atoms with E-state index in [0.29, 0.717) is 0 Å². The lowest BCUT2D eigenvalue weighted by molar-refractivity contribution is 0.661. The van der Waals surface area contributed by atoms with Crippen LogP contribution in [0.25, 0.3) is 98.7 Å². The Morgan fingerprint density at radius 1 is 0.273 bits per heavy atom. The minimum Gasteiger partial charge on any atom is -0.0616 e. The molecular formula is C55H38. The summed E-state index contributed by atoms with van der Waals surface area (Å²) in [6.45, 7) is 4.76. The van der Waals surface area contributed by atoms with Crippen LogP contribution in [0.2, 0.25) is 0 Å². The van der Waals surface area contributed by atoms with Crippen molar-refractivity contribution in [1.82, 2.24) is 0 Å². The highest BCUT2D eigenvalue weighted by atomic mass is 14.4. The van der Waals surface area contributed by atoms with Gasteiger partial charge in [-0.05, 0) is 140 Å². The van der Waals surface area contributed by atoms with Gasteiger partial charge in [-0.3, -0.25) is 0 Å². The number of hydrogen-bond acceptors (Lipinski definition) is 0. The highest BCUT2D eigenvalue weighted by molar-refractivity contribution is 6.21. The third-order valence-electron chi connectivity index (χ3n) is 12.2. The quantitative estimate of drug-likeness (QED) is 0.161. The minimum absolute atomic E-state index is 0.0871. The molecular weight excluding hydrogens is 661 g/mol. The van der Waals surface area contributed by atoms with Crippen LogP contribution in [0.4, 0.5) is 0 Å². The largest absolute Gasteiger partial charge is 0.0616 e. The Balaban J connectivity index is 1.10. The lowest BCUT2D eigenvalue weighted by atomic mass is 9.81. The van der Waals surface area contributed by atoms with Crippen LogP contribution < -0.4 is 0 Å². The van der Waals surface area contributed by atoms with Gasteiger partial charge >= 0.3 is 0 Å². The van der Waals surface area contributed by atoms with E-state index in [9.17, 15) is 0 Å². The summed E-state index contributed by atoms with van der Waals surface area (Å²) in [5.41, 5.74) is 15.4. The van der Waals surface area contributed by atoms with Crippen LogP contribution in [-0.4, -0.2) is 0 Å². The summed E-state index contributed by atoms with van der Waals surface area (Å²) in [7, 11) is 0. The van der Waals surface area contributed by atoms with Crippen molar-refractivity contribution in [2.75, 3.05) is 0 Å². The molecule has 11 rings (SSSR count). The van der Waals surface area contributed by atoms with E-state index in [1.54, 1.807) is 0 Å².